The van der Waals surface area contributed by atoms with Crippen LogP contribution in [0.1, 0.15) is 68.2 Å². The van der Waals surface area contributed by atoms with Crippen molar-refractivity contribution in [1.82, 2.24) is 0 Å². The second-order valence-corrected chi connectivity index (χ2v) is 6.27. The third-order valence-corrected chi connectivity index (χ3v) is 4.72. The minimum atomic E-state index is 0.354. The van der Waals surface area contributed by atoms with E-state index in [1.54, 1.807) is 0 Å². The maximum atomic E-state index is 10.5. The molecule has 0 aliphatic carbocycles. The van der Waals surface area contributed by atoms with Crippen molar-refractivity contribution in [3.63, 3.8) is 0 Å². The molecule has 1 heterocycles. The number of unbranched alkanes of at least 4 members (excludes halogenated alkanes) is 3. The van der Waals surface area contributed by atoms with Gasteiger partial charge in [-0.1, -0.05) is 38.5 Å². The molecule has 1 aromatic carbocycles. The van der Waals surface area contributed by atoms with Gasteiger partial charge in [0.2, 0.25) is 0 Å². The number of fused-ring (bicyclic) bond motifs is 1. The normalized spacial score (nSPS) is 12.9. The molecule has 2 nitrogen and oxygen atoms in total. The fourth-order valence-corrected chi connectivity index (χ4v) is 3.18. The second-order valence-electron chi connectivity index (χ2n) is 5.47. The third-order valence-electron chi connectivity index (χ3n) is 3.87. The number of halogens is 1. The summed E-state index contributed by atoms with van der Waals surface area (Å²) in [4.78, 5) is 0. The van der Waals surface area contributed by atoms with Crippen molar-refractivity contribution in [2.24, 2.45) is 0 Å². The van der Waals surface area contributed by atoms with Gasteiger partial charge in [0.25, 0.3) is 0 Å². The molecule has 1 N–H and O–H groups in total. The average Bonchev–Trinajstić information content (AvgIpc) is 2.97. The Hall–Kier alpha value is -0.980. The Morgan fingerprint density at radius 3 is 2.57 bits per heavy atom. The highest BCUT2D eigenvalue weighted by Crippen LogP contribution is 2.41. The van der Waals surface area contributed by atoms with Gasteiger partial charge in [0.1, 0.15) is 5.75 Å². The fraction of sp³-hybridized carbons (Fsp3) is 0.556. The van der Waals surface area contributed by atoms with E-state index in [9.17, 15) is 5.11 Å². The van der Waals surface area contributed by atoms with Crippen molar-refractivity contribution in [3.05, 3.63) is 26.7 Å². The highest BCUT2D eigenvalue weighted by atomic mass is 79.9. The van der Waals surface area contributed by atoms with Crippen LogP contribution in [0, 0.1) is 11.8 Å². The smallest absolute Gasteiger partial charge is 0.134 e. The highest BCUT2D eigenvalue weighted by molar-refractivity contribution is 9.10. The first kappa shape index (κ1) is 16.4. The number of phenols is 1. The van der Waals surface area contributed by atoms with Gasteiger partial charge in [-0.25, -0.2) is 0 Å². The lowest BCUT2D eigenvalue weighted by Gasteiger charge is -2.14. The number of rotatable bonds is 5. The molecule has 0 radical (unpaired) electrons. The van der Waals surface area contributed by atoms with Gasteiger partial charge in [0.15, 0.2) is 0 Å². The molecule has 1 aliphatic rings. The molecular weight excluding hydrogens is 328 g/mol. The first-order valence-electron chi connectivity index (χ1n) is 7.82. The molecule has 21 heavy (non-hydrogen) atoms. The van der Waals surface area contributed by atoms with E-state index in [1.165, 1.54) is 0 Å². The van der Waals surface area contributed by atoms with Gasteiger partial charge < -0.3 is 9.84 Å². The van der Waals surface area contributed by atoms with Gasteiger partial charge >= 0.3 is 0 Å². The van der Waals surface area contributed by atoms with E-state index < -0.39 is 0 Å². The van der Waals surface area contributed by atoms with Crippen molar-refractivity contribution >= 4 is 15.9 Å². The SMILES string of the molecule is CCCCC#Cc1c(CCCC)c(O)c(Br)c2c1COC2. The zero-order valence-corrected chi connectivity index (χ0v) is 14.5. The molecule has 0 atom stereocenters. The first-order chi connectivity index (χ1) is 10.2. The quantitative estimate of drug-likeness (QED) is 0.593. The molecule has 1 aliphatic heterocycles. The van der Waals surface area contributed by atoms with E-state index in [0.717, 1.165) is 65.3 Å². The van der Waals surface area contributed by atoms with Gasteiger partial charge in [0, 0.05) is 28.7 Å². The van der Waals surface area contributed by atoms with Crippen LogP contribution in [-0.2, 0) is 24.4 Å². The summed E-state index contributed by atoms with van der Waals surface area (Å²) >= 11 is 3.52. The maximum Gasteiger partial charge on any atom is 0.134 e. The van der Waals surface area contributed by atoms with Crippen molar-refractivity contribution < 1.29 is 9.84 Å². The van der Waals surface area contributed by atoms with Crippen LogP contribution in [0.25, 0.3) is 0 Å². The summed E-state index contributed by atoms with van der Waals surface area (Å²) in [6.45, 7) is 5.49. The number of aromatic hydroxyl groups is 1. The van der Waals surface area contributed by atoms with Crippen molar-refractivity contribution in [1.29, 1.82) is 0 Å². The number of hydrogen-bond acceptors (Lipinski definition) is 2. The summed E-state index contributed by atoms with van der Waals surface area (Å²) in [6.07, 6.45) is 6.22. The van der Waals surface area contributed by atoms with Crippen LogP contribution in [0.5, 0.6) is 5.75 Å². The fourth-order valence-electron chi connectivity index (χ4n) is 2.59. The Kier molecular flexibility index (Phi) is 6.14. The van der Waals surface area contributed by atoms with Crippen LogP contribution in [0.4, 0.5) is 0 Å². The molecule has 0 bridgehead atoms. The van der Waals surface area contributed by atoms with Crippen LogP contribution < -0.4 is 0 Å². The van der Waals surface area contributed by atoms with Gasteiger partial charge in [-0.3, -0.25) is 0 Å². The predicted octanol–water partition coefficient (Wildman–Crippen LogP) is 5.07. The third kappa shape index (κ3) is 3.62. The summed E-state index contributed by atoms with van der Waals surface area (Å²) in [7, 11) is 0. The summed E-state index contributed by atoms with van der Waals surface area (Å²) in [5, 5.41) is 10.5. The van der Waals surface area contributed by atoms with Crippen LogP contribution in [-0.4, -0.2) is 5.11 Å². The van der Waals surface area contributed by atoms with E-state index in [1.807, 2.05) is 0 Å². The first-order valence-corrected chi connectivity index (χ1v) is 8.61. The molecule has 0 saturated carbocycles. The zero-order valence-electron chi connectivity index (χ0n) is 12.9. The Balaban J connectivity index is 2.45. The summed E-state index contributed by atoms with van der Waals surface area (Å²) in [6, 6.07) is 0. The van der Waals surface area contributed by atoms with Crippen molar-refractivity contribution in [2.75, 3.05) is 0 Å². The molecule has 1 aromatic rings. The molecule has 2 rings (SSSR count). The number of benzene rings is 1. The monoisotopic (exact) mass is 350 g/mol. The van der Waals surface area contributed by atoms with E-state index in [4.69, 9.17) is 4.74 Å². The number of ether oxygens (including phenoxy) is 1. The van der Waals surface area contributed by atoms with Crippen LogP contribution in [0.2, 0.25) is 0 Å². The summed E-state index contributed by atoms with van der Waals surface area (Å²) in [5.41, 5.74) is 4.21. The molecular formula is C18H23BrO2. The lowest BCUT2D eigenvalue weighted by atomic mass is 9.93. The lowest BCUT2D eigenvalue weighted by molar-refractivity contribution is 0.134. The minimum absolute atomic E-state index is 0.354. The van der Waals surface area contributed by atoms with Crippen LogP contribution in [0.15, 0.2) is 4.47 Å². The molecule has 0 spiro atoms. The van der Waals surface area contributed by atoms with Gasteiger partial charge in [0.05, 0.1) is 17.7 Å². The molecule has 3 heteroatoms. The predicted molar refractivity (Wildman–Crippen MR) is 89.3 cm³/mol. The number of phenolic OH excluding ortho intramolecular Hbond substituents is 1. The van der Waals surface area contributed by atoms with E-state index >= 15 is 0 Å². The molecule has 0 saturated heterocycles. The molecule has 0 amide bonds. The average molecular weight is 351 g/mol. The minimum Gasteiger partial charge on any atom is -0.506 e. The Morgan fingerprint density at radius 1 is 1.14 bits per heavy atom. The standard InChI is InChI=1S/C18H23BrO2/c1-3-5-7-8-10-13-14(9-6-4-2)18(20)17(19)16-12-21-11-15(13)16/h20H,3-7,9,11-12H2,1-2H3. The van der Waals surface area contributed by atoms with E-state index in [2.05, 4.69) is 41.6 Å². The van der Waals surface area contributed by atoms with Crippen molar-refractivity contribution in [3.8, 4) is 17.6 Å². The Labute approximate surface area is 136 Å². The van der Waals surface area contributed by atoms with Gasteiger partial charge in [-0.05, 0) is 35.2 Å². The molecule has 0 fully saturated rings. The maximum absolute atomic E-state index is 10.5. The molecule has 114 valence electrons. The number of hydrogen-bond donors (Lipinski definition) is 1. The van der Waals surface area contributed by atoms with Crippen LogP contribution in [0.3, 0.4) is 0 Å². The van der Waals surface area contributed by atoms with Crippen LogP contribution >= 0.6 is 15.9 Å². The summed E-state index contributed by atoms with van der Waals surface area (Å²) in [5.74, 6) is 6.93. The molecule has 0 unspecified atom stereocenters. The second kappa shape index (κ2) is 7.87. The largest absolute Gasteiger partial charge is 0.506 e. The van der Waals surface area contributed by atoms with Gasteiger partial charge in [-0.2, -0.15) is 0 Å². The highest BCUT2D eigenvalue weighted by Gasteiger charge is 2.24. The van der Waals surface area contributed by atoms with E-state index in [0.29, 0.717) is 19.0 Å². The van der Waals surface area contributed by atoms with Gasteiger partial charge in [-0.15, -0.1) is 0 Å². The lowest BCUT2D eigenvalue weighted by Crippen LogP contribution is -2.00. The zero-order chi connectivity index (χ0) is 15.2. The summed E-state index contributed by atoms with van der Waals surface area (Å²) < 4.78 is 6.36. The topological polar surface area (TPSA) is 29.5 Å². The van der Waals surface area contributed by atoms with E-state index in [-0.39, 0.29) is 0 Å². The van der Waals surface area contributed by atoms with Crippen molar-refractivity contribution in [2.45, 2.75) is 65.6 Å². The Morgan fingerprint density at radius 2 is 1.86 bits per heavy atom. The molecule has 0 aromatic heterocycles. The Bertz CT molecular complexity index is 567.